The van der Waals surface area contributed by atoms with Crippen molar-refractivity contribution >= 4 is 5.91 Å². The minimum absolute atomic E-state index is 0.152. The van der Waals surface area contributed by atoms with Gasteiger partial charge < -0.3 is 10.8 Å². The number of aliphatic hydroxyl groups excluding tert-OH is 1. The topological polar surface area (TPSA) is 67.2 Å². The van der Waals surface area contributed by atoms with Crippen LogP contribution in [0.5, 0.6) is 0 Å². The fourth-order valence-corrected chi connectivity index (χ4v) is 0.756. The van der Waals surface area contributed by atoms with Gasteiger partial charge in [-0.3, -0.25) is 4.79 Å². The van der Waals surface area contributed by atoms with Crippen LogP contribution in [-0.2, 0) is 6.73 Å². The van der Waals surface area contributed by atoms with Crippen LogP contribution < -0.4 is 10.3 Å². The molecule has 1 heterocycles. The second-order valence-electron chi connectivity index (χ2n) is 2.11. The number of carbonyl (C=O) groups excluding carboxylic acids is 1. The summed E-state index contributed by atoms with van der Waals surface area (Å²) in [5.41, 5.74) is 5.39. The first kappa shape index (κ1) is 7.68. The molecule has 4 heteroatoms. The smallest absolute Gasteiger partial charge is 0.254 e. The van der Waals surface area contributed by atoms with Crippen molar-refractivity contribution in [3.63, 3.8) is 0 Å². The molecule has 1 rings (SSSR count). The van der Waals surface area contributed by atoms with Crippen molar-refractivity contribution < 1.29 is 14.5 Å². The highest BCUT2D eigenvalue weighted by Crippen LogP contribution is 1.90. The second-order valence-corrected chi connectivity index (χ2v) is 2.11. The first-order chi connectivity index (χ1) is 5.24. The van der Waals surface area contributed by atoms with Gasteiger partial charge in [-0.1, -0.05) is 0 Å². The summed E-state index contributed by atoms with van der Waals surface area (Å²) in [4.78, 5) is 10.6. The van der Waals surface area contributed by atoms with Crippen LogP contribution in [0.4, 0.5) is 0 Å². The van der Waals surface area contributed by atoms with Gasteiger partial charge in [0.1, 0.15) is 5.56 Å². The highest BCUT2D eigenvalue weighted by Gasteiger charge is 2.04. The molecule has 0 unspecified atom stereocenters. The van der Waals surface area contributed by atoms with Crippen molar-refractivity contribution in [2.45, 2.75) is 6.73 Å². The second kappa shape index (κ2) is 3.12. The number of hydrogen-bond donors (Lipinski definition) is 2. The molecule has 0 bridgehead atoms. The van der Waals surface area contributed by atoms with Crippen LogP contribution in [0.3, 0.4) is 0 Å². The van der Waals surface area contributed by atoms with Crippen LogP contribution in [0.15, 0.2) is 24.5 Å². The predicted molar refractivity (Wildman–Crippen MR) is 37.4 cm³/mol. The van der Waals surface area contributed by atoms with E-state index in [1.807, 2.05) is 0 Å². The molecule has 4 nitrogen and oxygen atoms in total. The minimum atomic E-state index is -0.493. The monoisotopic (exact) mass is 153 g/mol. The Morgan fingerprint density at radius 1 is 1.73 bits per heavy atom. The van der Waals surface area contributed by atoms with E-state index in [4.69, 9.17) is 10.8 Å². The lowest BCUT2D eigenvalue weighted by molar-refractivity contribution is -0.730. The zero-order valence-corrected chi connectivity index (χ0v) is 5.90. The Kier molecular flexibility index (Phi) is 2.18. The van der Waals surface area contributed by atoms with E-state index in [9.17, 15) is 4.79 Å². The average molecular weight is 153 g/mol. The summed E-state index contributed by atoms with van der Waals surface area (Å²) < 4.78 is 1.46. The lowest BCUT2D eigenvalue weighted by Gasteiger charge is -1.92. The molecule has 11 heavy (non-hydrogen) atoms. The SMILES string of the molecule is NC(=O)c1ccc[n+](CO)c1. The van der Waals surface area contributed by atoms with Gasteiger partial charge in [0.15, 0.2) is 12.4 Å². The van der Waals surface area contributed by atoms with Gasteiger partial charge in [0.2, 0.25) is 6.73 Å². The standard InChI is InChI=1S/C7H8N2O2/c8-7(11)6-2-1-3-9(4-6)5-10/h1-4,10H,5H2,(H-,8,11)/p+1. The average Bonchev–Trinajstić information content (AvgIpc) is 2.05. The molecule has 0 saturated heterocycles. The summed E-state index contributed by atoms with van der Waals surface area (Å²) in [6.45, 7) is -0.152. The first-order valence-electron chi connectivity index (χ1n) is 3.14. The van der Waals surface area contributed by atoms with Crippen molar-refractivity contribution in [1.82, 2.24) is 0 Å². The number of carbonyl (C=O) groups is 1. The van der Waals surface area contributed by atoms with E-state index in [2.05, 4.69) is 0 Å². The maximum Gasteiger partial charge on any atom is 0.254 e. The molecule has 0 aliphatic carbocycles. The molecule has 0 aliphatic heterocycles. The molecular formula is C7H9N2O2+. The highest BCUT2D eigenvalue weighted by molar-refractivity contribution is 5.92. The number of aliphatic hydroxyl groups is 1. The number of pyridine rings is 1. The van der Waals surface area contributed by atoms with E-state index < -0.39 is 5.91 Å². The lowest BCUT2D eigenvalue weighted by Crippen LogP contribution is -2.34. The zero-order valence-electron chi connectivity index (χ0n) is 5.90. The molecule has 0 saturated carbocycles. The number of hydrogen-bond acceptors (Lipinski definition) is 2. The van der Waals surface area contributed by atoms with Gasteiger partial charge in [-0.15, -0.1) is 0 Å². The lowest BCUT2D eigenvalue weighted by atomic mass is 10.3. The summed E-state index contributed by atoms with van der Waals surface area (Å²) in [5, 5.41) is 8.65. The van der Waals surface area contributed by atoms with Crippen molar-refractivity contribution in [2.75, 3.05) is 0 Å². The largest absolute Gasteiger partial charge is 0.365 e. The van der Waals surface area contributed by atoms with Crippen molar-refractivity contribution in [2.24, 2.45) is 5.73 Å². The number of rotatable bonds is 2. The normalized spacial score (nSPS) is 9.55. The van der Waals surface area contributed by atoms with Gasteiger partial charge in [0.05, 0.1) is 0 Å². The number of amides is 1. The van der Waals surface area contributed by atoms with Crippen LogP contribution in [0.1, 0.15) is 10.4 Å². The molecule has 1 aromatic rings. The van der Waals surface area contributed by atoms with E-state index in [0.29, 0.717) is 5.56 Å². The Bertz CT molecular complexity index is 273. The number of nitrogens with two attached hydrogens (primary N) is 1. The van der Waals surface area contributed by atoms with Gasteiger partial charge in [-0.25, -0.2) is 0 Å². The van der Waals surface area contributed by atoms with Crippen molar-refractivity contribution in [3.8, 4) is 0 Å². The van der Waals surface area contributed by atoms with E-state index in [1.54, 1.807) is 18.3 Å². The molecule has 1 amide bonds. The van der Waals surface area contributed by atoms with E-state index in [-0.39, 0.29) is 6.73 Å². The third-order valence-electron chi connectivity index (χ3n) is 1.31. The van der Waals surface area contributed by atoms with E-state index >= 15 is 0 Å². The maximum atomic E-state index is 10.6. The van der Waals surface area contributed by atoms with Crippen LogP contribution in [0.25, 0.3) is 0 Å². The molecular weight excluding hydrogens is 144 g/mol. The van der Waals surface area contributed by atoms with Crippen molar-refractivity contribution in [1.29, 1.82) is 0 Å². The fourth-order valence-electron chi connectivity index (χ4n) is 0.756. The number of nitrogens with zero attached hydrogens (tertiary/aromatic N) is 1. The molecule has 58 valence electrons. The molecule has 0 atom stereocenters. The van der Waals surface area contributed by atoms with Crippen LogP contribution in [0, 0.1) is 0 Å². The molecule has 0 aliphatic rings. The highest BCUT2D eigenvalue weighted by atomic mass is 16.3. The van der Waals surface area contributed by atoms with Crippen LogP contribution in [-0.4, -0.2) is 11.0 Å². The number of primary amides is 1. The Morgan fingerprint density at radius 2 is 2.45 bits per heavy atom. The van der Waals surface area contributed by atoms with Gasteiger partial charge in [-0.05, 0) is 6.07 Å². The van der Waals surface area contributed by atoms with Crippen molar-refractivity contribution in [3.05, 3.63) is 30.1 Å². The quantitative estimate of drug-likeness (QED) is 0.536. The van der Waals surface area contributed by atoms with Crippen LogP contribution >= 0.6 is 0 Å². The first-order valence-corrected chi connectivity index (χ1v) is 3.14. The molecule has 0 spiro atoms. The Balaban J connectivity index is 3.01. The molecule has 1 aromatic heterocycles. The van der Waals surface area contributed by atoms with Gasteiger partial charge >= 0.3 is 0 Å². The summed E-state index contributed by atoms with van der Waals surface area (Å²) in [7, 11) is 0. The fraction of sp³-hybridized carbons (Fsp3) is 0.143. The van der Waals surface area contributed by atoms with Crippen LogP contribution in [0.2, 0.25) is 0 Å². The summed E-state index contributed by atoms with van der Waals surface area (Å²) in [5.74, 6) is -0.493. The summed E-state index contributed by atoms with van der Waals surface area (Å²) >= 11 is 0. The Labute approximate surface area is 63.9 Å². The molecule has 3 N–H and O–H groups in total. The Hall–Kier alpha value is -1.42. The van der Waals surface area contributed by atoms with E-state index in [0.717, 1.165) is 0 Å². The zero-order chi connectivity index (χ0) is 8.27. The van der Waals surface area contributed by atoms with E-state index in [1.165, 1.54) is 10.8 Å². The predicted octanol–water partition coefficient (Wildman–Crippen LogP) is -0.977. The Morgan fingerprint density at radius 3 is 3.00 bits per heavy atom. The minimum Gasteiger partial charge on any atom is -0.365 e. The number of aromatic nitrogens is 1. The van der Waals surface area contributed by atoms with Gasteiger partial charge in [0.25, 0.3) is 5.91 Å². The van der Waals surface area contributed by atoms with Gasteiger partial charge in [0, 0.05) is 6.07 Å². The summed E-state index contributed by atoms with van der Waals surface area (Å²) in [6, 6.07) is 3.24. The third-order valence-corrected chi connectivity index (χ3v) is 1.31. The molecule has 0 aromatic carbocycles. The third kappa shape index (κ3) is 1.75. The maximum absolute atomic E-state index is 10.6. The molecule has 0 fully saturated rings. The summed E-state index contributed by atoms with van der Waals surface area (Å²) in [6.07, 6.45) is 3.13. The van der Waals surface area contributed by atoms with Gasteiger partial charge in [-0.2, -0.15) is 4.57 Å². The molecule has 0 radical (unpaired) electrons.